The van der Waals surface area contributed by atoms with Crippen molar-refractivity contribution in [3.63, 3.8) is 0 Å². The molecule has 47 heavy (non-hydrogen) atoms. The standard InChI is InChI=1S/C38H42ClN3O5/c39-33-16-14-32(15-17-33)38(45)18-20-42(21-19-38)25-34-22-35(30-10-8-29(26-43)9-11-30)47-36(46-34)31-12-6-28(7-13-31)24-41-37(44)40-23-27-4-2-1-3-5-27/h1-17,34-36,43,45H,18-26H2,(H2,40,41,44). The van der Waals surface area contributed by atoms with Gasteiger partial charge in [0.2, 0.25) is 0 Å². The molecule has 3 atom stereocenters. The number of hydrogen-bond donors (Lipinski definition) is 4. The molecule has 0 aliphatic carbocycles. The predicted molar refractivity (Wildman–Crippen MR) is 181 cm³/mol. The van der Waals surface area contributed by atoms with Gasteiger partial charge in [0.25, 0.3) is 0 Å². The normalized spacial score (nSPS) is 21.2. The summed E-state index contributed by atoms with van der Waals surface area (Å²) in [5, 5.41) is 27.4. The van der Waals surface area contributed by atoms with Gasteiger partial charge in [0.15, 0.2) is 6.29 Å². The average Bonchev–Trinajstić information content (AvgIpc) is 3.11. The molecule has 0 aromatic heterocycles. The fraction of sp³-hybridized carbons (Fsp3) is 0.342. The van der Waals surface area contributed by atoms with Gasteiger partial charge in [-0.3, -0.25) is 0 Å². The number of halogens is 1. The number of aliphatic hydroxyl groups is 2. The van der Waals surface area contributed by atoms with Gasteiger partial charge in [-0.05, 0) is 52.8 Å². The zero-order valence-corrected chi connectivity index (χ0v) is 27.1. The zero-order chi connectivity index (χ0) is 32.6. The summed E-state index contributed by atoms with van der Waals surface area (Å²) in [5.74, 6) is 0. The third-order valence-corrected chi connectivity index (χ3v) is 9.39. The van der Waals surface area contributed by atoms with Crippen molar-refractivity contribution in [2.75, 3.05) is 19.6 Å². The lowest BCUT2D eigenvalue weighted by atomic mass is 9.84. The van der Waals surface area contributed by atoms with E-state index in [-0.39, 0.29) is 24.8 Å². The fourth-order valence-corrected chi connectivity index (χ4v) is 6.42. The van der Waals surface area contributed by atoms with Crippen LogP contribution in [0.25, 0.3) is 0 Å². The number of nitrogens with one attached hydrogen (secondary N) is 2. The van der Waals surface area contributed by atoms with Crippen LogP contribution < -0.4 is 10.6 Å². The highest BCUT2D eigenvalue weighted by Crippen LogP contribution is 2.39. The van der Waals surface area contributed by atoms with Crippen LogP contribution in [0.4, 0.5) is 4.79 Å². The van der Waals surface area contributed by atoms with Gasteiger partial charge in [-0.25, -0.2) is 4.79 Å². The van der Waals surface area contributed by atoms with Crippen molar-refractivity contribution >= 4 is 17.6 Å². The molecule has 2 fully saturated rings. The van der Waals surface area contributed by atoms with E-state index in [4.69, 9.17) is 21.1 Å². The number of likely N-dealkylation sites (tertiary alicyclic amines) is 1. The van der Waals surface area contributed by atoms with Crippen molar-refractivity contribution in [2.45, 2.75) is 63.1 Å². The highest BCUT2D eigenvalue weighted by Gasteiger charge is 2.37. The van der Waals surface area contributed by atoms with E-state index in [1.807, 2.05) is 103 Å². The van der Waals surface area contributed by atoms with Gasteiger partial charge in [-0.15, -0.1) is 0 Å². The second-order valence-corrected chi connectivity index (χ2v) is 12.9. The maximum absolute atomic E-state index is 12.3. The van der Waals surface area contributed by atoms with Crippen molar-refractivity contribution < 1.29 is 24.5 Å². The number of piperidine rings is 1. The van der Waals surface area contributed by atoms with E-state index in [2.05, 4.69) is 15.5 Å². The SMILES string of the molecule is O=C(NCc1ccccc1)NCc1ccc(C2OC(CN3CCC(O)(c4ccc(Cl)cc4)CC3)CC(c3ccc(CO)cc3)O2)cc1. The Balaban J connectivity index is 1.08. The summed E-state index contributed by atoms with van der Waals surface area (Å²) in [6.45, 7) is 3.08. The summed E-state index contributed by atoms with van der Waals surface area (Å²) < 4.78 is 13.1. The summed E-state index contributed by atoms with van der Waals surface area (Å²) in [7, 11) is 0. The number of nitrogens with zero attached hydrogens (tertiary/aromatic N) is 1. The van der Waals surface area contributed by atoms with Crippen LogP contribution in [0.1, 0.15) is 65.0 Å². The van der Waals surface area contributed by atoms with E-state index in [9.17, 15) is 15.0 Å². The van der Waals surface area contributed by atoms with Gasteiger partial charge in [0.05, 0.1) is 24.4 Å². The molecule has 8 nitrogen and oxygen atoms in total. The minimum Gasteiger partial charge on any atom is -0.392 e. The molecule has 4 aromatic carbocycles. The molecule has 2 saturated heterocycles. The van der Waals surface area contributed by atoms with Crippen LogP contribution in [-0.2, 0) is 34.8 Å². The zero-order valence-electron chi connectivity index (χ0n) is 26.4. The van der Waals surface area contributed by atoms with Gasteiger partial charge >= 0.3 is 6.03 Å². The first-order valence-corrected chi connectivity index (χ1v) is 16.6. The molecule has 0 spiro atoms. The molecule has 2 amide bonds. The Morgan fingerprint density at radius 3 is 2.02 bits per heavy atom. The van der Waals surface area contributed by atoms with E-state index in [0.717, 1.165) is 53.0 Å². The predicted octanol–water partition coefficient (Wildman–Crippen LogP) is 6.36. The summed E-state index contributed by atoms with van der Waals surface area (Å²) >= 11 is 6.07. The number of amides is 2. The first-order chi connectivity index (χ1) is 22.9. The highest BCUT2D eigenvalue weighted by atomic mass is 35.5. The maximum atomic E-state index is 12.3. The number of benzene rings is 4. The number of hydrogen-bond acceptors (Lipinski definition) is 6. The fourth-order valence-electron chi connectivity index (χ4n) is 6.29. The van der Waals surface area contributed by atoms with Gasteiger partial charge < -0.3 is 35.2 Å². The second kappa shape index (κ2) is 15.4. The Morgan fingerprint density at radius 2 is 1.38 bits per heavy atom. The van der Waals surface area contributed by atoms with Crippen LogP contribution >= 0.6 is 11.6 Å². The number of aliphatic hydroxyl groups excluding tert-OH is 1. The summed E-state index contributed by atoms with van der Waals surface area (Å²) in [6.07, 6.45) is 1.11. The third kappa shape index (κ3) is 8.78. The Bertz CT molecular complexity index is 1580. The minimum absolute atomic E-state index is 0.00656. The van der Waals surface area contributed by atoms with Gasteiger partial charge in [0, 0.05) is 49.7 Å². The number of carbonyl (C=O) groups is 1. The van der Waals surface area contributed by atoms with E-state index in [1.165, 1.54) is 0 Å². The first kappa shape index (κ1) is 33.2. The molecule has 246 valence electrons. The summed E-state index contributed by atoms with van der Waals surface area (Å²) in [5.41, 5.74) is 4.85. The molecule has 0 radical (unpaired) electrons. The Labute approximate surface area is 281 Å². The summed E-state index contributed by atoms with van der Waals surface area (Å²) in [4.78, 5) is 14.7. The quantitative estimate of drug-likeness (QED) is 0.159. The Morgan fingerprint density at radius 1 is 0.787 bits per heavy atom. The van der Waals surface area contributed by atoms with Crippen LogP contribution in [0.2, 0.25) is 5.02 Å². The van der Waals surface area contributed by atoms with Crippen LogP contribution in [0, 0.1) is 0 Å². The maximum Gasteiger partial charge on any atom is 0.315 e. The third-order valence-electron chi connectivity index (χ3n) is 9.14. The van der Waals surface area contributed by atoms with Crippen molar-refractivity contribution in [3.05, 3.63) is 142 Å². The smallest absolute Gasteiger partial charge is 0.315 e. The number of carbonyl (C=O) groups excluding carboxylic acids is 1. The van der Waals surface area contributed by atoms with Gasteiger partial charge in [-0.1, -0.05) is 103 Å². The van der Waals surface area contributed by atoms with Crippen LogP contribution in [-0.4, -0.2) is 46.9 Å². The van der Waals surface area contributed by atoms with Crippen molar-refractivity contribution in [1.29, 1.82) is 0 Å². The van der Waals surface area contributed by atoms with E-state index in [1.54, 1.807) is 0 Å². The van der Waals surface area contributed by atoms with E-state index >= 15 is 0 Å². The van der Waals surface area contributed by atoms with Crippen molar-refractivity contribution in [2.24, 2.45) is 0 Å². The minimum atomic E-state index is -0.865. The van der Waals surface area contributed by atoms with E-state index < -0.39 is 11.9 Å². The Hall–Kier alpha value is -3.76. The lowest BCUT2D eigenvalue weighted by Crippen LogP contribution is -2.46. The lowest BCUT2D eigenvalue weighted by Gasteiger charge is -2.42. The number of rotatable bonds is 10. The van der Waals surface area contributed by atoms with Gasteiger partial charge in [0.1, 0.15) is 0 Å². The molecule has 2 heterocycles. The Kier molecular flexibility index (Phi) is 10.9. The highest BCUT2D eigenvalue weighted by molar-refractivity contribution is 6.30. The molecule has 0 saturated carbocycles. The average molecular weight is 656 g/mol. The molecule has 4 N–H and O–H groups in total. The monoisotopic (exact) mass is 655 g/mol. The van der Waals surface area contributed by atoms with E-state index in [0.29, 0.717) is 37.4 Å². The molecule has 2 aliphatic heterocycles. The summed E-state index contributed by atoms with van der Waals surface area (Å²) in [6, 6.07) is 32.9. The topological polar surface area (TPSA) is 103 Å². The van der Waals surface area contributed by atoms with Gasteiger partial charge in [-0.2, -0.15) is 0 Å². The largest absolute Gasteiger partial charge is 0.392 e. The number of ether oxygens (including phenoxy) is 2. The van der Waals surface area contributed by atoms with Crippen LogP contribution in [0.15, 0.2) is 103 Å². The molecule has 3 unspecified atom stereocenters. The van der Waals surface area contributed by atoms with Crippen molar-refractivity contribution in [1.82, 2.24) is 15.5 Å². The second-order valence-electron chi connectivity index (χ2n) is 12.5. The molecular weight excluding hydrogens is 614 g/mol. The van der Waals surface area contributed by atoms with Crippen LogP contribution in [0.3, 0.4) is 0 Å². The molecule has 4 aromatic rings. The molecule has 0 bridgehead atoms. The molecule has 2 aliphatic rings. The molecule has 9 heteroatoms. The number of urea groups is 1. The molecular formula is C38H42ClN3O5. The lowest BCUT2D eigenvalue weighted by molar-refractivity contribution is -0.253. The van der Waals surface area contributed by atoms with Crippen molar-refractivity contribution in [3.8, 4) is 0 Å². The van der Waals surface area contributed by atoms with Crippen LogP contribution in [0.5, 0.6) is 0 Å². The first-order valence-electron chi connectivity index (χ1n) is 16.2. The molecule has 6 rings (SSSR count).